The van der Waals surface area contributed by atoms with Crippen molar-refractivity contribution >= 4 is 40.0 Å². The summed E-state index contributed by atoms with van der Waals surface area (Å²) in [6, 6.07) is 12.8. The van der Waals surface area contributed by atoms with E-state index >= 15 is 0 Å². The molecule has 1 heterocycles. The van der Waals surface area contributed by atoms with Crippen LogP contribution in [0.3, 0.4) is 0 Å². The third-order valence-corrected chi connectivity index (χ3v) is 4.73. The van der Waals surface area contributed by atoms with Crippen LogP contribution in [0.1, 0.15) is 15.9 Å². The average Bonchev–Trinajstić information content (AvgIpc) is 2.98. The molecule has 7 heteroatoms. The number of para-hydroxylation sites is 1. The van der Waals surface area contributed by atoms with Crippen LogP contribution in [0.4, 0.5) is 5.69 Å². The zero-order valence-corrected chi connectivity index (χ0v) is 16.5. The summed E-state index contributed by atoms with van der Waals surface area (Å²) in [7, 11) is 3.52. The lowest BCUT2D eigenvalue weighted by molar-refractivity contribution is -0.115. The number of nitrogens with zero attached hydrogens (tertiary/aromatic N) is 1. The van der Waals surface area contributed by atoms with Crippen LogP contribution < -0.4 is 10.6 Å². The Morgan fingerprint density at radius 2 is 1.96 bits per heavy atom. The van der Waals surface area contributed by atoms with Gasteiger partial charge in [-0.2, -0.15) is 0 Å². The Kier molecular flexibility index (Phi) is 6.34. The van der Waals surface area contributed by atoms with Crippen LogP contribution in [0.5, 0.6) is 0 Å². The van der Waals surface area contributed by atoms with E-state index in [1.807, 2.05) is 42.1 Å². The molecule has 0 aliphatic carbocycles. The number of carbonyl (C=O) groups is 2. The van der Waals surface area contributed by atoms with Crippen molar-refractivity contribution in [3.63, 3.8) is 0 Å². The topological polar surface area (TPSA) is 72.4 Å². The minimum absolute atomic E-state index is 0.148. The smallest absolute Gasteiger partial charge is 0.252 e. The highest BCUT2D eigenvalue weighted by molar-refractivity contribution is 6.34. The summed E-state index contributed by atoms with van der Waals surface area (Å²) >= 11 is 6.22. The highest BCUT2D eigenvalue weighted by Crippen LogP contribution is 2.23. The highest BCUT2D eigenvalue weighted by Gasteiger charge is 2.13. The number of amides is 2. The molecule has 0 aliphatic rings. The summed E-state index contributed by atoms with van der Waals surface area (Å²) < 4.78 is 6.91. The summed E-state index contributed by atoms with van der Waals surface area (Å²) in [6.07, 6.45) is 2.21. The quantitative estimate of drug-likeness (QED) is 0.598. The number of hydrogen-bond acceptors (Lipinski definition) is 3. The number of fused-ring (bicyclic) bond motifs is 1. The first-order valence-corrected chi connectivity index (χ1v) is 9.27. The fraction of sp³-hybridized carbons (Fsp3) is 0.238. The van der Waals surface area contributed by atoms with Gasteiger partial charge in [0.05, 0.1) is 23.6 Å². The molecule has 1 aromatic heterocycles. The second-order valence-electron chi connectivity index (χ2n) is 6.45. The third kappa shape index (κ3) is 4.52. The van der Waals surface area contributed by atoms with Gasteiger partial charge in [0.1, 0.15) is 0 Å². The van der Waals surface area contributed by atoms with Crippen LogP contribution in [-0.2, 0) is 23.0 Å². The molecule has 0 saturated carbocycles. The molecule has 0 saturated heterocycles. The van der Waals surface area contributed by atoms with Gasteiger partial charge in [-0.15, -0.1) is 0 Å². The Hall–Kier alpha value is -2.83. The lowest BCUT2D eigenvalue weighted by Crippen LogP contribution is -2.27. The van der Waals surface area contributed by atoms with E-state index in [-0.39, 0.29) is 23.3 Å². The third-order valence-electron chi connectivity index (χ3n) is 4.42. The van der Waals surface area contributed by atoms with Gasteiger partial charge in [0.2, 0.25) is 5.91 Å². The van der Waals surface area contributed by atoms with Crippen LogP contribution >= 0.6 is 11.6 Å². The van der Waals surface area contributed by atoms with Crippen LogP contribution in [0.2, 0.25) is 5.02 Å². The van der Waals surface area contributed by atoms with Gasteiger partial charge < -0.3 is 19.9 Å². The molecule has 146 valence electrons. The molecule has 2 aromatic carbocycles. The second kappa shape index (κ2) is 8.91. The van der Waals surface area contributed by atoms with E-state index in [9.17, 15) is 9.59 Å². The fourth-order valence-corrected chi connectivity index (χ4v) is 3.35. The van der Waals surface area contributed by atoms with Gasteiger partial charge in [-0.25, -0.2) is 0 Å². The normalized spacial score (nSPS) is 10.8. The molecule has 6 nitrogen and oxygen atoms in total. The number of methoxy groups -OCH3 is 1. The SMILES string of the molecule is COCCNC(=O)c1ccc(NC(=O)Cc2cn(C)c3ccccc23)cc1Cl. The summed E-state index contributed by atoms with van der Waals surface area (Å²) in [5.74, 6) is -0.430. The molecule has 0 aliphatic heterocycles. The van der Waals surface area contributed by atoms with Gasteiger partial charge in [0.25, 0.3) is 5.91 Å². The molecule has 28 heavy (non-hydrogen) atoms. The number of hydrogen-bond donors (Lipinski definition) is 2. The Balaban J connectivity index is 1.67. The van der Waals surface area contributed by atoms with E-state index in [1.165, 1.54) is 0 Å². The number of aryl methyl sites for hydroxylation is 1. The maximum absolute atomic E-state index is 12.5. The fourth-order valence-electron chi connectivity index (χ4n) is 3.08. The van der Waals surface area contributed by atoms with E-state index in [0.29, 0.717) is 24.4 Å². The number of aromatic nitrogens is 1. The molecule has 0 fully saturated rings. The first-order valence-electron chi connectivity index (χ1n) is 8.89. The number of anilines is 1. The van der Waals surface area contributed by atoms with E-state index in [1.54, 1.807) is 25.3 Å². The van der Waals surface area contributed by atoms with E-state index < -0.39 is 0 Å². The molecular formula is C21H22ClN3O3. The number of benzene rings is 2. The van der Waals surface area contributed by atoms with E-state index in [2.05, 4.69) is 10.6 Å². The standard InChI is InChI=1S/C21H22ClN3O3/c1-25-13-14(16-5-3-4-6-19(16)25)11-20(26)24-15-7-8-17(18(22)12-15)21(27)23-9-10-28-2/h3-8,12-13H,9-11H2,1-2H3,(H,23,27)(H,24,26). The van der Waals surface area contributed by atoms with Crippen molar-refractivity contribution in [2.24, 2.45) is 7.05 Å². The molecule has 2 amide bonds. The van der Waals surface area contributed by atoms with Crippen LogP contribution in [0, 0.1) is 0 Å². The molecule has 0 atom stereocenters. The Labute approximate surface area is 168 Å². The molecule has 2 N–H and O–H groups in total. The minimum atomic E-state index is -0.282. The summed E-state index contributed by atoms with van der Waals surface area (Å²) in [5.41, 5.74) is 2.93. The second-order valence-corrected chi connectivity index (χ2v) is 6.86. The van der Waals surface area contributed by atoms with E-state index in [4.69, 9.17) is 16.3 Å². The first kappa shape index (κ1) is 19.9. The molecule has 3 aromatic rings. The predicted molar refractivity (Wildman–Crippen MR) is 111 cm³/mol. The van der Waals surface area contributed by atoms with Crippen molar-refractivity contribution in [2.45, 2.75) is 6.42 Å². The van der Waals surface area contributed by atoms with Crippen molar-refractivity contribution in [1.29, 1.82) is 0 Å². The summed E-state index contributed by atoms with van der Waals surface area (Å²) in [4.78, 5) is 24.6. The van der Waals surface area contributed by atoms with Crippen molar-refractivity contribution in [3.05, 3.63) is 64.8 Å². The van der Waals surface area contributed by atoms with E-state index in [0.717, 1.165) is 16.5 Å². The largest absolute Gasteiger partial charge is 0.383 e. The van der Waals surface area contributed by atoms with Gasteiger partial charge in [0.15, 0.2) is 0 Å². The molecule has 0 bridgehead atoms. The maximum atomic E-state index is 12.5. The zero-order valence-electron chi connectivity index (χ0n) is 15.8. The van der Waals surface area contributed by atoms with Crippen molar-refractivity contribution in [3.8, 4) is 0 Å². The molecule has 3 rings (SSSR count). The van der Waals surface area contributed by atoms with Gasteiger partial charge >= 0.3 is 0 Å². The first-order chi connectivity index (χ1) is 13.5. The molecule has 0 radical (unpaired) electrons. The average molecular weight is 400 g/mol. The van der Waals surface area contributed by atoms with Crippen LogP contribution in [0.25, 0.3) is 10.9 Å². The molecule has 0 spiro atoms. The zero-order chi connectivity index (χ0) is 20.1. The number of rotatable bonds is 7. The molecular weight excluding hydrogens is 378 g/mol. The Morgan fingerprint density at radius 3 is 2.71 bits per heavy atom. The van der Waals surface area contributed by atoms with Crippen molar-refractivity contribution < 1.29 is 14.3 Å². The monoisotopic (exact) mass is 399 g/mol. The highest BCUT2D eigenvalue weighted by atomic mass is 35.5. The minimum Gasteiger partial charge on any atom is -0.383 e. The van der Waals surface area contributed by atoms with Crippen molar-refractivity contribution in [1.82, 2.24) is 9.88 Å². The summed E-state index contributed by atoms with van der Waals surface area (Å²) in [6.45, 7) is 0.820. The Bertz CT molecular complexity index is 1010. The van der Waals surface area contributed by atoms with Gasteiger partial charge in [-0.05, 0) is 29.8 Å². The predicted octanol–water partition coefficient (Wildman–Crippen LogP) is 3.39. The van der Waals surface area contributed by atoms with Crippen LogP contribution in [-0.4, -0.2) is 36.6 Å². The Morgan fingerprint density at radius 1 is 1.18 bits per heavy atom. The van der Waals surface area contributed by atoms with Crippen LogP contribution in [0.15, 0.2) is 48.7 Å². The number of nitrogens with one attached hydrogen (secondary N) is 2. The lowest BCUT2D eigenvalue weighted by atomic mass is 10.1. The van der Waals surface area contributed by atoms with Gasteiger partial charge in [0, 0.05) is 43.5 Å². The lowest BCUT2D eigenvalue weighted by Gasteiger charge is -2.09. The summed E-state index contributed by atoms with van der Waals surface area (Å²) in [5, 5.41) is 6.89. The van der Waals surface area contributed by atoms with Gasteiger partial charge in [-0.3, -0.25) is 9.59 Å². The number of halogens is 1. The van der Waals surface area contributed by atoms with Gasteiger partial charge in [-0.1, -0.05) is 29.8 Å². The number of ether oxygens (including phenoxy) is 1. The van der Waals surface area contributed by atoms with Crippen molar-refractivity contribution in [2.75, 3.05) is 25.6 Å². The maximum Gasteiger partial charge on any atom is 0.252 e. The molecule has 0 unspecified atom stereocenters. The number of carbonyl (C=O) groups excluding carboxylic acids is 2.